The van der Waals surface area contributed by atoms with Gasteiger partial charge >= 0.3 is 0 Å². The van der Waals surface area contributed by atoms with Crippen LogP contribution in [0.2, 0.25) is 0 Å². The minimum atomic E-state index is -0.910. The molecular weight excluding hydrogens is 287 g/mol. The number of halogens is 2. The van der Waals surface area contributed by atoms with Crippen LogP contribution in [0.3, 0.4) is 0 Å². The lowest BCUT2D eigenvalue weighted by molar-refractivity contribution is -0.125. The van der Waals surface area contributed by atoms with E-state index in [0.29, 0.717) is 25.4 Å². The van der Waals surface area contributed by atoms with Gasteiger partial charge in [0.15, 0.2) is 0 Å². The van der Waals surface area contributed by atoms with Crippen LogP contribution >= 0.6 is 23.2 Å². The number of aromatic nitrogens is 3. The molecule has 0 aliphatic heterocycles. The van der Waals surface area contributed by atoms with E-state index in [0.717, 1.165) is 5.82 Å². The highest BCUT2D eigenvalue weighted by Gasteiger charge is 2.67. The van der Waals surface area contributed by atoms with Crippen LogP contribution in [0, 0.1) is 5.41 Å². The third-order valence-electron chi connectivity index (χ3n) is 3.99. The molecular formula is C12H16Cl2N4O. The number of carbonyl (C=O) groups excluding carboxylic acids is 1. The Morgan fingerprint density at radius 2 is 2.26 bits per heavy atom. The van der Waals surface area contributed by atoms with Gasteiger partial charge in [0.25, 0.3) is 0 Å². The SMILES string of the molecule is CC1(C(=O)NCCn2cnnc2C2CC2)CC1(Cl)Cl. The molecule has 1 aromatic rings. The fourth-order valence-corrected chi connectivity index (χ4v) is 2.93. The van der Waals surface area contributed by atoms with Crippen molar-refractivity contribution in [2.24, 2.45) is 5.41 Å². The van der Waals surface area contributed by atoms with E-state index in [4.69, 9.17) is 23.2 Å². The van der Waals surface area contributed by atoms with Crippen molar-refractivity contribution in [2.45, 2.75) is 43.0 Å². The fourth-order valence-electron chi connectivity index (χ4n) is 2.23. The molecule has 1 amide bonds. The summed E-state index contributed by atoms with van der Waals surface area (Å²) in [6.07, 6.45) is 4.59. The average molecular weight is 303 g/mol. The summed E-state index contributed by atoms with van der Waals surface area (Å²) in [5, 5.41) is 10.9. The Labute approximate surface area is 121 Å². The zero-order valence-corrected chi connectivity index (χ0v) is 12.2. The first-order valence-corrected chi connectivity index (χ1v) is 7.23. The Morgan fingerprint density at radius 3 is 2.84 bits per heavy atom. The van der Waals surface area contributed by atoms with E-state index in [9.17, 15) is 4.79 Å². The highest BCUT2D eigenvalue weighted by molar-refractivity contribution is 6.53. The summed E-state index contributed by atoms with van der Waals surface area (Å²) >= 11 is 12.0. The summed E-state index contributed by atoms with van der Waals surface area (Å²) < 4.78 is 1.09. The zero-order chi connectivity index (χ0) is 13.7. The Bertz CT molecular complexity index is 512. The van der Waals surface area contributed by atoms with Crippen molar-refractivity contribution in [3.8, 4) is 0 Å². The van der Waals surface area contributed by atoms with Crippen molar-refractivity contribution in [1.29, 1.82) is 0 Å². The topological polar surface area (TPSA) is 59.8 Å². The predicted molar refractivity (Wildman–Crippen MR) is 72.2 cm³/mol. The van der Waals surface area contributed by atoms with E-state index in [2.05, 4.69) is 15.5 Å². The van der Waals surface area contributed by atoms with Crippen LogP contribution in [0.15, 0.2) is 6.33 Å². The number of carbonyl (C=O) groups is 1. The van der Waals surface area contributed by atoms with Gasteiger partial charge in [0, 0.05) is 19.0 Å². The number of alkyl halides is 2. The summed E-state index contributed by atoms with van der Waals surface area (Å²) in [6, 6.07) is 0. The highest BCUT2D eigenvalue weighted by Crippen LogP contribution is 2.63. The lowest BCUT2D eigenvalue weighted by atomic mass is 10.1. The first kappa shape index (κ1) is 13.2. The van der Waals surface area contributed by atoms with Crippen LogP contribution in [0.4, 0.5) is 0 Å². The van der Waals surface area contributed by atoms with Gasteiger partial charge in [-0.1, -0.05) is 0 Å². The summed E-state index contributed by atoms with van der Waals surface area (Å²) in [4.78, 5) is 12.0. The van der Waals surface area contributed by atoms with Crippen LogP contribution in [0.5, 0.6) is 0 Å². The standard InChI is InChI=1S/C12H16Cl2N4O/c1-11(6-12(11,13)14)10(19)15-4-5-18-7-16-17-9(18)8-2-3-8/h7-8H,2-6H2,1H3,(H,15,19). The molecule has 7 heteroatoms. The molecule has 1 unspecified atom stereocenters. The van der Waals surface area contributed by atoms with Gasteiger partial charge in [-0.3, -0.25) is 4.79 Å². The number of amides is 1. The highest BCUT2D eigenvalue weighted by atomic mass is 35.5. The molecule has 0 aromatic carbocycles. The molecule has 1 heterocycles. The van der Waals surface area contributed by atoms with E-state index < -0.39 is 9.75 Å². The minimum absolute atomic E-state index is 0.0847. The molecule has 2 fully saturated rings. The molecule has 3 rings (SSSR count). The largest absolute Gasteiger partial charge is 0.354 e. The van der Waals surface area contributed by atoms with Crippen molar-refractivity contribution < 1.29 is 4.79 Å². The van der Waals surface area contributed by atoms with Gasteiger partial charge in [-0.05, 0) is 26.2 Å². The van der Waals surface area contributed by atoms with Gasteiger partial charge < -0.3 is 9.88 Å². The van der Waals surface area contributed by atoms with E-state index in [1.165, 1.54) is 12.8 Å². The smallest absolute Gasteiger partial charge is 0.229 e. The summed E-state index contributed by atoms with van der Waals surface area (Å²) in [7, 11) is 0. The lowest BCUT2D eigenvalue weighted by Crippen LogP contribution is -2.35. The molecule has 2 aliphatic rings. The number of hydrogen-bond acceptors (Lipinski definition) is 3. The number of rotatable bonds is 5. The molecule has 0 radical (unpaired) electrons. The van der Waals surface area contributed by atoms with Crippen molar-refractivity contribution >= 4 is 29.1 Å². The van der Waals surface area contributed by atoms with E-state index in [1.807, 2.05) is 4.57 Å². The van der Waals surface area contributed by atoms with Crippen molar-refractivity contribution in [1.82, 2.24) is 20.1 Å². The molecule has 1 atom stereocenters. The monoisotopic (exact) mass is 302 g/mol. The molecule has 2 aliphatic carbocycles. The van der Waals surface area contributed by atoms with Gasteiger partial charge in [-0.25, -0.2) is 0 Å². The third-order valence-corrected chi connectivity index (χ3v) is 5.09. The Hall–Kier alpha value is -0.810. The van der Waals surface area contributed by atoms with E-state index in [-0.39, 0.29) is 5.91 Å². The number of hydrogen-bond donors (Lipinski definition) is 1. The summed E-state index contributed by atoms with van der Waals surface area (Å²) in [5.41, 5.74) is -0.650. The maximum Gasteiger partial charge on any atom is 0.229 e. The Balaban J connectivity index is 1.51. The number of nitrogens with zero attached hydrogens (tertiary/aromatic N) is 3. The van der Waals surface area contributed by atoms with Gasteiger partial charge in [0.2, 0.25) is 5.91 Å². The lowest BCUT2D eigenvalue weighted by Gasteiger charge is -2.13. The van der Waals surface area contributed by atoms with Crippen LogP contribution in [-0.2, 0) is 11.3 Å². The normalized spacial score (nSPS) is 28.2. The molecule has 1 aromatic heterocycles. The molecule has 0 spiro atoms. The second-order valence-electron chi connectivity index (χ2n) is 5.63. The first-order valence-electron chi connectivity index (χ1n) is 6.48. The second kappa shape index (κ2) is 4.35. The quantitative estimate of drug-likeness (QED) is 0.845. The predicted octanol–water partition coefficient (Wildman–Crippen LogP) is 1.86. The van der Waals surface area contributed by atoms with Crippen LogP contribution in [0.1, 0.15) is 37.9 Å². The third kappa shape index (κ3) is 2.34. The Kier molecular flexibility index (Phi) is 3.02. The second-order valence-corrected chi connectivity index (χ2v) is 7.11. The van der Waals surface area contributed by atoms with E-state index >= 15 is 0 Å². The van der Waals surface area contributed by atoms with Gasteiger partial charge in [0.05, 0.1) is 5.41 Å². The van der Waals surface area contributed by atoms with Crippen LogP contribution < -0.4 is 5.32 Å². The van der Waals surface area contributed by atoms with E-state index in [1.54, 1.807) is 13.3 Å². The molecule has 2 saturated carbocycles. The van der Waals surface area contributed by atoms with Gasteiger partial charge in [0.1, 0.15) is 16.5 Å². The van der Waals surface area contributed by atoms with Gasteiger partial charge in [-0.2, -0.15) is 0 Å². The average Bonchev–Trinajstić information content (AvgIpc) is 3.20. The van der Waals surface area contributed by atoms with Crippen molar-refractivity contribution in [3.05, 3.63) is 12.2 Å². The maximum absolute atomic E-state index is 12.0. The van der Waals surface area contributed by atoms with Crippen LogP contribution in [-0.4, -0.2) is 31.5 Å². The van der Waals surface area contributed by atoms with Crippen LogP contribution in [0.25, 0.3) is 0 Å². The maximum atomic E-state index is 12.0. The minimum Gasteiger partial charge on any atom is -0.354 e. The number of nitrogens with one attached hydrogen (secondary N) is 1. The molecule has 19 heavy (non-hydrogen) atoms. The molecule has 1 N–H and O–H groups in total. The van der Waals surface area contributed by atoms with Gasteiger partial charge in [-0.15, -0.1) is 33.4 Å². The molecule has 0 saturated heterocycles. The molecule has 104 valence electrons. The van der Waals surface area contributed by atoms with Crippen molar-refractivity contribution in [2.75, 3.05) is 6.54 Å². The summed E-state index contributed by atoms with van der Waals surface area (Å²) in [6.45, 7) is 3.00. The molecule has 5 nitrogen and oxygen atoms in total. The first-order chi connectivity index (χ1) is 8.94. The summed E-state index contributed by atoms with van der Waals surface area (Å²) in [5.74, 6) is 1.49. The Morgan fingerprint density at radius 1 is 1.58 bits per heavy atom. The fraction of sp³-hybridized carbons (Fsp3) is 0.750. The molecule has 0 bridgehead atoms. The van der Waals surface area contributed by atoms with Crippen molar-refractivity contribution in [3.63, 3.8) is 0 Å². The zero-order valence-electron chi connectivity index (χ0n) is 10.7.